The Morgan fingerprint density at radius 2 is 1.92 bits per heavy atom. The number of likely N-dealkylation sites (N-methyl/N-ethyl adjacent to an activating group) is 1. The van der Waals surface area contributed by atoms with Crippen molar-refractivity contribution < 1.29 is 23.5 Å². The number of benzene rings is 1. The van der Waals surface area contributed by atoms with E-state index < -0.39 is 29.2 Å². The van der Waals surface area contributed by atoms with E-state index in [2.05, 4.69) is 38.2 Å². The zero-order valence-electron chi connectivity index (χ0n) is 29.6. The molecule has 0 radical (unpaired) electrons. The fourth-order valence-corrected chi connectivity index (χ4v) is 7.63. The summed E-state index contributed by atoms with van der Waals surface area (Å²) in [4.78, 5) is 56.5. The van der Waals surface area contributed by atoms with E-state index in [0.717, 1.165) is 31.7 Å². The number of H-pyrrole nitrogens is 1. The molecule has 4 aromatic heterocycles. The number of likely N-dealkylation sites (tertiary alicyclic amines) is 1. The number of aromatic amines is 1. The normalized spacial score (nSPS) is 17.9. The van der Waals surface area contributed by atoms with E-state index in [1.807, 2.05) is 0 Å². The monoisotopic (exact) mass is 709 g/mol. The molecule has 7 rings (SSSR count). The third kappa shape index (κ3) is 5.77. The largest absolute Gasteiger partial charge is 0.461 e. The predicted molar refractivity (Wildman–Crippen MR) is 195 cm³/mol. The van der Waals surface area contributed by atoms with Gasteiger partial charge in [-0.25, -0.2) is 19.2 Å². The summed E-state index contributed by atoms with van der Waals surface area (Å²) >= 11 is 0. The first-order valence-corrected chi connectivity index (χ1v) is 17.2. The van der Waals surface area contributed by atoms with E-state index in [1.165, 1.54) is 12.3 Å². The maximum Gasteiger partial charge on any atom is 0.343 e. The summed E-state index contributed by atoms with van der Waals surface area (Å²) in [5.74, 6) is -1.83. The Labute approximate surface area is 298 Å². The van der Waals surface area contributed by atoms with E-state index >= 15 is 4.39 Å². The van der Waals surface area contributed by atoms with Crippen LogP contribution in [0.1, 0.15) is 36.2 Å². The number of anilines is 2. The topological polar surface area (TPSA) is 184 Å². The standard InChI is InChI=1S/C37H40FN9O5/c1-18(2)30(40)37(50)52-9-8-51-36(49)24-16-46(5)35-21(33(24)48)10-20(13-43-35)23-14-42-34-29(32(23)47-7-6-19-15-45(4)17-27(19)47)28-22(12-39)25(38)11-26(41-3)31(28)44-34/h10-11,13-14,16,18-19,27,30,41H,6-9,15,17,40H2,1-5H3,(H,42,44)/t19-,27+,30-/m0/s1. The second-order valence-corrected chi connectivity index (χ2v) is 13.9. The van der Waals surface area contributed by atoms with Gasteiger partial charge in [0.25, 0.3) is 0 Å². The Morgan fingerprint density at radius 1 is 1.15 bits per heavy atom. The molecular weight excluding hydrogens is 669 g/mol. The van der Waals surface area contributed by atoms with Crippen molar-refractivity contribution in [2.75, 3.05) is 57.2 Å². The fraction of sp³-hybridized carbons (Fsp3) is 0.405. The fourth-order valence-electron chi connectivity index (χ4n) is 7.63. The average molecular weight is 710 g/mol. The van der Waals surface area contributed by atoms with Gasteiger partial charge in [-0.15, -0.1) is 0 Å². The molecule has 0 saturated carbocycles. The van der Waals surface area contributed by atoms with Gasteiger partial charge in [-0.3, -0.25) is 9.59 Å². The number of nitrogens with one attached hydrogen (secondary N) is 2. The number of halogens is 1. The number of aromatic nitrogens is 4. The zero-order chi connectivity index (χ0) is 37.0. The highest BCUT2D eigenvalue weighted by atomic mass is 19.1. The van der Waals surface area contributed by atoms with Crippen LogP contribution in [0.3, 0.4) is 0 Å². The molecule has 52 heavy (non-hydrogen) atoms. The van der Waals surface area contributed by atoms with Gasteiger partial charge in [0.1, 0.15) is 48.0 Å². The lowest BCUT2D eigenvalue weighted by Crippen LogP contribution is -2.37. The van der Waals surface area contributed by atoms with Crippen LogP contribution in [0.25, 0.3) is 44.1 Å². The molecule has 5 aromatic rings. The number of carbonyl (C=O) groups is 2. The van der Waals surface area contributed by atoms with Gasteiger partial charge in [-0.05, 0) is 31.4 Å². The average Bonchev–Trinajstić information content (AvgIpc) is 3.82. The number of pyridine rings is 3. The first-order chi connectivity index (χ1) is 24.9. The van der Waals surface area contributed by atoms with Crippen molar-refractivity contribution in [3.8, 4) is 17.2 Å². The number of nitrogens with zero attached hydrogens (tertiary/aromatic N) is 6. The summed E-state index contributed by atoms with van der Waals surface area (Å²) in [5.41, 5.74) is 8.79. The lowest BCUT2D eigenvalue weighted by Gasteiger charge is -2.29. The number of carbonyl (C=O) groups excluding carboxylic acids is 2. The van der Waals surface area contributed by atoms with Crippen molar-refractivity contribution in [3.05, 3.63) is 57.9 Å². The molecule has 4 N–H and O–H groups in total. The number of rotatable bonds is 9. The molecule has 14 nitrogen and oxygen atoms in total. The molecular formula is C37H40FN9O5. The smallest absolute Gasteiger partial charge is 0.343 e. The molecule has 0 spiro atoms. The number of hydrogen-bond donors (Lipinski definition) is 3. The highest BCUT2D eigenvalue weighted by Gasteiger charge is 2.42. The van der Waals surface area contributed by atoms with Crippen LogP contribution in [0, 0.1) is 29.0 Å². The molecule has 0 aliphatic carbocycles. The summed E-state index contributed by atoms with van der Waals surface area (Å²) in [6.45, 7) is 5.61. The third-order valence-electron chi connectivity index (χ3n) is 10.3. The van der Waals surface area contributed by atoms with Crippen LogP contribution in [-0.4, -0.2) is 95.4 Å². The lowest BCUT2D eigenvalue weighted by molar-refractivity contribution is -0.147. The van der Waals surface area contributed by atoms with Crippen molar-refractivity contribution in [2.45, 2.75) is 32.4 Å². The maximum atomic E-state index is 15.5. The van der Waals surface area contributed by atoms with E-state index in [4.69, 9.17) is 20.2 Å². The highest BCUT2D eigenvalue weighted by molar-refractivity contribution is 6.20. The summed E-state index contributed by atoms with van der Waals surface area (Å²) in [5, 5.41) is 14.4. The van der Waals surface area contributed by atoms with Crippen molar-refractivity contribution >= 4 is 56.3 Å². The van der Waals surface area contributed by atoms with Crippen LogP contribution < -0.4 is 21.4 Å². The van der Waals surface area contributed by atoms with Crippen molar-refractivity contribution in [1.29, 1.82) is 5.26 Å². The highest BCUT2D eigenvalue weighted by Crippen LogP contribution is 2.47. The minimum Gasteiger partial charge on any atom is -0.461 e. The van der Waals surface area contributed by atoms with Crippen molar-refractivity contribution in [1.82, 2.24) is 24.4 Å². The maximum absolute atomic E-state index is 15.5. The molecule has 2 aliphatic heterocycles. The number of ether oxygens (including phenoxy) is 2. The van der Waals surface area contributed by atoms with Crippen LogP contribution in [-0.2, 0) is 21.3 Å². The number of fused-ring (bicyclic) bond motifs is 5. The van der Waals surface area contributed by atoms with Gasteiger partial charge in [-0.1, -0.05) is 13.8 Å². The van der Waals surface area contributed by atoms with Gasteiger partial charge in [0.2, 0.25) is 5.43 Å². The number of hydrogen-bond acceptors (Lipinski definition) is 12. The van der Waals surface area contributed by atoms with Gasteiger partial charge < -0.3 is 39.9 Å². The van der Waals surface area contributed by atoms with Crippen LogP contribution in [0.4, 0.5) is 15.8 Å². The van der Waals surface area contributed by atoms with Gasteiger partial charge in [0.15, 0.2) is 0 Å². The first-order valence-electron chi connectivity index (χ1n) is 17.2. The minimum absolute atomic E-state index is 0.0917. The summed E-state index contributed by atoms with van der Waals surface area (Å²) in [6, 6.07) is 4.41. The zero-order valence-corrected chi connectivity index (χ0v) is 29.6. The molecule has 0 unspecified atom stereocenters. The molecule has 15 heteroatoms. The van der Waals surface area contributed by atoms with Gasteiger partial charge >= 0.3 is 11.9 Å². The van der Waals surface area contributed by atoms with Gasteiger partial charge in [0, 0.05) is 80.9 Å². The number of nitriles is 1. The van der Waals surface area contributed by atoms with Crippen LogP contribution >= 0.6 is 0 Å². The second-order valence-electron chi connectivity index (χ2n) is 13.9. The Balaban J connectivity index is 1.35. The Kier molecular flexibility index (Phi) is 9.05. The Hall–Kier alpha value is -5.59. The van der Waals surface area contributed by atoms with E-state index in [-0.39, 0.29) is 41.7 Å². The molecule has 6 heterocycles. The Bertz CT molecular complexity index is 2360. The Morgan fingerprint density at radius 3 is 2.65 bits per heavy atom. The second kappa shape index (κ2) is 13.5. The number of aryl methyl sites for hydroxylation is 1. The van der Waals surface area contributed by atoms with E-state index in [1.54, 1.807) is 51.0 Å². The molecule has 2 saturated heterocycles. The summed E-state index contributed by atoms with van der Waals surface area (Å²) in [7, 11) is 5.45. The minimum atomic E-state index is -0.875. The lowest BCUT2D eigenvalue weighted by atomic mass is 9.98. The molecule has 3 atom stereocenters. The predicted octanol–water partition coefficient (Wildman–Crippen LogP) is 3.51. The molecule has 0 amide bonds. The van der Waals surface area contributed by atoms with E-state index in [9.17, 15) is 19.6 Å². The molecule has 2 aliphatic rings. The molecule has 270 valence electrons. The van der Waals surface area contributed by atoms with E-state index in [0.29, 0.717) is 50.3 Å². The summed E-state index contributed by atoms with van der Waals surface area (Å²) < 4.78 is 27.5. The quantitative estimate of drug-likeness (QED) is 0.150. The number of esters is 2. The van der Waals surface area contributed by atoms with Crippen LogP contribution in [0.5, 0.6) is 0 Å². The van der Waals surface area contributed by atoms with Gasteiger partial charge in [-0.2, -0.15) is 5.26 Å². The first kappa shape index (κ1) is 34.8. The van der Waals surface area contributed by atoms with Crippen molar-refractivity contribution in [3.63, 3.8) is 0 Å². The van der Waals surface area contributed by atoms with Crippen molar-refractivity contribution in [2.24, 2.45) is 24.6 Å². The van der Waals surface area contributed by atoms with Gasteiger partial charge in [0.05, 0.1) is 33.2 Å². The third-order valence-corrected chi connectivity index (χ3v) is 10.3. The van der Waals surface area contributed by atoms with Crippen LogP contribution in [0.2, 0.25) is 0 Å². The van der Waals surface area contributed by atoms with Crippen LogP contribution in [0.15, 0.2) is 35.5 Å². The summed E-state index contributed by atoms with van der Waals surface area (Å²) in [6.07, 6.45) is 5.67. The molecule has 2 fully saturated rings. The SMILES string of the molecule is CNc1cc(F)c(C#N)c2c1[nH]c1ncc(-c3cnc4c(c3)c(=O)c(C(=O)OCCOC(=O)[C@@H](N)C(C)C)cn4C)c(N3CC[C@H]4CN(C)C[C@H]43)c12. The molecule has 0 bridgehead atoms. The molecule has 1 aromatic carbocycles. The number of nitrogens with two attached hydrogens (primary N) is 1.